The van der Waals surface area contributed by atoms with E-state index >= 15 is 0 Å². The van der Waals surface area contributed by atoms with Gasteiger partial charge in [0.25, 0.3) is 5.91 Å². The van der Waals surface area contributed by atoms with E-state index in [1.165, 1.54) is 12.1 Å². The van der Waals surface area contributed by atoms with E-state index in [0.29, 0.717) is 11.3 Å². The minimum absolute atomic E-state index is 0.0559. The highest BCUT2D eigenvalue weighted by molar-refractivity contribution is 7.18. The molecule has 0 fully saturated rings. The van der Waals surface area contributed by atoms with Gasteiger partial charge >= 0.3 is 17.9 Å². The van der Waals surface area contributed by atoms with Crippen LogP contribution in [-0.4, -0.2) is 43.6 Å². The van der Waals surface area contributed by atoms with Crippen molar-refractivity contribution in [3.8, 4) is 0 Å². The summed E-state index contributed by atoms with van der Waals surface area (Å²) in [7, 11) is 0. The van der Waals surface area contributed by atoms with Crippen LogP contribution in [0.3, 0.4) is 0 Å². The van der Waals surface area contributed by atoms with Gasteiger partial charge in [0.15, 0.2) is 6.61 Å². The van der Waals surface area contributed by atoms with Gasteiger partial charge in [-0.15, -0.1) is 11.3 Å². The standard InChI is InChI=1S/C20H22N2O7S/c1-4-27-19(25)15-11(3)16(20(26)28-5-2)30-17(15)22-14(23)10-29-18(24)12-7-6-8-13(21)9-12/h6-9H,4-5,10,21H2,1-3H3,(H,22,23). The minimum Gasteiger partial charge on any atom is -0.462 e. The second kappa shape index (κ2) is 10.4. The Labute approximate surface area is 177 Å². The monoisotopic (exact) mass is 434 g/mol. The van der Waals surface area contributed by atoms with Crippen LogP contribution < -0.4 is 11.1 Å². The Kier molecular flexibility index (Phi) is 7.93. The number of benzene rings is 1. The third-order valence-electron chi connectivity index (χ3n) is 3.80. The molecule has 1 aromatic heterocycles. The number of nitrogens with two attached hydrogens (primary N) is 1. The Bertz CT molecular complexity index is 968. The molecule has 0 bridgehead atoms. The maximum atomic E-state index is 12.3. The van der Waals surface area contributed by atoms with Gasteiger partial charge in [-0.2, -0.15) is 0 Å². The number of thiophene rings is 1. The first-order chi connectivity index (χ1) is 14.3. The smallest absolute Gasteiger partial charge is 0.348 e. The van der Waals surface area contributed by atoms with E-state index in [-0.39, 0.29) is 34.2 Å². The molecule has 1 heterocycles. The van der Waals surface area contributed by atoms with Crippen molar-refractivity contribution < 1.29 is 33.4 Å². The maximum absolute atomic E-state index is 12.3. The van der Waals surface area contributed by atoms with Crippen LogP contribution >= 0.6 is 11.3 Å². The van der Waals surface area contributed by atoms with Crippen molar-refractivity contribution in [2.45, 2.75) is 20.8 Å². The number of anilines is 2. The summed E-state index contributed by atoms with van der Waals surface area (Å²) < 4.78 is 15.0. The third kappa shape index (κ3) is 5.57. The lowest BCUT2D eigenvalue weighted by Gasteiger charge is -2.08. The SMILES string of the molecule is CCOC(=O)c1sc(NC(=O)COC(=O)c2cccc(N)c2)c(C(=O)OCC)c1C. The molecule has 0 aliphatic rings. The second-order valence-electron chi connectivity index (χ2n) is 5.95. The molecule has 0 saturated carbocycles. The van der Waals surface area contributed by atoms with Crippen LogP contribution in [0.15, 0.2) is 24.3 Å². The predicted molar refractivity (Wildman–Crippen MR) is 111 cm³/mol. The highest BCUT2D eigenvalue weighted by atomic mass is 32.1. The molecule has 9 nitrogen and oxygen atoms in total. The number of nitrogens with one attached hydrogen (secondary N) is 1. The molecule has 2 rings (SSSR count). The zero-order valence-corrected chi connectivity index (χ0v) is 17.6. The minimum atomic E-state index is -0.724. The second-order valence-corrected chi connectivity index (χ2v) is 6.97. The summed E-state index contributed by atoms with van der Waals surface area (Å²) >= 11 is 0.885. The van der Waals surface area contributed by atoms with Crippen LogP contribution in [-0.2, 0) is 19.0 Å². The topological polar surface area (TPSA) is 134 Å². The Balaban J connectivity index is 2.16. The summed E-state index contributed by atoms with van der Waals surface area (Å²) in [6, 6.07) is 6.13. The predicted octanol–water partition coefficient (Wildman–Crippen LogP) is 2.79. The Morgan fingerprint density at radius 1 is 1.00 bits per heavy atom. The summed E-state index contributed by atoms with van der Waals surface area (Å²) in [5, 5.41) is 2.61. The molecule has 160 valence electrons. The molecular weight excluding hydrogens is 412 g/mol. The van der Waals surface area contributed by atoms with E-state index in [2.05, 4.69) is 5.32 Å². The molecule has 0 saturated heterocycles. The van der Waals surface area contributed by atoms with Crippen LogP contribution in [0.2, 0.25) is 0 Å². The number of ether oxygens (including phenoxy) is 3. The van der Waals surface area contributed by atoms with Crippen LogP contribution in [0.25, 0.3) is 0 Å². The molecule has 0 aliphatic carbocycles. The van der Waals surface area contributed by atoms with Crippen molar-refractivity contribution in [1.82, 2.24) is 0 Å². The van der Waals surface area contributed by atoms with Gasteiger partial charge in [-0.1, -0.05) is 6.07 Å². The zero-order chi connectivity index (χ0) is 22.3. The van der Waals surface area contributed by atoms with Gasteiger partial charge in [0.1, 0.15) is 9.88 Å². The third-order valence-corrected chi connectivity index (χ3v) is 4.98. The van der Waals surface area contributed by atoms with Gasteiger partial charge in [-0.25, -0.2) is 14.4 Å². The highest BCUT2D eigenvalue weighted by Crippen LogP contribution is 2.34. The lowest BCUT2D eigenvalue weighted by molar-refractivity contribution is -0.119. The summed E-state index contributed by atoms with van der Waals surface area (Å²) in [5.41, 5.74) is 6.60. The first-order valence-electron chi connectivity index (χ1n) is 9.08. The van der Waals surface area contributed by atoms with Gasteiger partial charge in [0.05, 0.1) is 24.3 Å². The van der Waals surface area contributed by atoms with E-state index in [1.54, 1.807) is 32.9 Å². The van der Waals surface area contributed by atoms with Crippen molar-refractivity contribution >= 4 is 45.8 Å². The summed E-state index contributed by atoms with van der Waals surface area (Å²) in [5.74, 6) is -2.71. The summed E-state index contributed by atoms with van der Waals surface area (Å²) in [6.45, 7) is 4.54. The zero-order valence-electron chi connectivity index (χ0n) is 16.8. The fourth-order valence-electron chi connectivity index (χ4n) is 2.48. The lowest BCUT2D eigenvalue weighted by atomic mass is 10.1. The number of hydrogen-bond donors (Lipinski definition) is 2. The van der Waals surface area contributed by atoms with Crippen LogP contribution in [0.4, 0.5) is 10.7 Å². The molecule has 0 spiro atoms. The largest absolute Gasteiger partial charge is 0.462 e. The van der Waals surface area contributed by atoms with Crippen LogP contribution in [0.5, 0.6) is 0 Å². The number of nitrogen functional groups attached to an aromatic ring is 1. The van der Waals surface area contributed by atoms with Gasteiger partial charge < -0.3 is 25.3 Å². The van der Waals surface area contributed by atoms with Gasteiger partial charge in [0.2, 0.25) is 0 Å². The van der Waals surface area contributed by atoms with Gasteiger partial charge in [-0.3, -0.25) is 4.79 Å². The van der Waals surface area contributed by atoms with Crippen molar-refractivity contribution in [2.24, 2.45) is 0 Å². The molecule has 1 amide bonds. The number of carbonyl (C=O) groups excluding carboxylic acids is 4. The average Bonchev–Trinajstić information content (AvgIpc) is 3.02. The Morgan fingerprint density at radius 2 is 1.67 bits per heavy atom. The Morgan fingerprint density at radius 3 is 2.30 bits per heavy atom. The molecule has 10 heteroatoms. The quantitative estimate of drug-likeness (QED) is 0.368. The van der Waals surface area contributed by atoms with Crippen molar-refractivity contribution in [1.29, 1.82) is 0 Å². The van der Waals surface area contributed by atoms with Gasteiger partial charge in [-0.05, 0) is 44.5 Å². The van der Waals surface area contributed by atoms with Crippen molar-refractivity contribution in [3.63, 3.8) is 0 Å². The Hall–Kier alpha value is -3.40. The molecule has 3 N–H and O–H groups in total. The molecule has 2 aromatic rings. The summed E-state index contributed by atoms with van der Waals surface area (Å²) in [6.07, 6.45) is 0. The molecular formula is C20H22N2O7S. The fraction of sp³-hybridized carbons (Fsp3) is 0.300. The average molecular weight is 434 g/mol. The van der Waals surface area contributed by atoms with E-state index < -0.39 is 30.4 Å². The first kappa shape index (κ1) is 22.9. The van der Waals surface area contributed by atoms with E-state index in [4.69, 9.17) is 19.9 Å². The first-order valence-corrected chi connectivity index (χ1v) is 9.90. The normalized spacial score (nSPS) is 10.2. The molecule has 0 radical (unpaired) electrons. The lowest BCUT2D eigenvalue weighted by Crippen LogP contribution is -2.21. The van der Waals surface area contributed by atoms with Crippen molar-refractivity contribution in [3.05, 3.63) is 45.8 Å². The number of esters is 3. The van der Waals surface area contributed by atoms with Gasteiger partial charge in [0, 0.05) is 5.69 Å². The molecule has 0 atom stereocenters. The highest BCUT2D eigenvalue weighted by Gasteiger charge is 2.27. The molecule has 0 aliphatic heterocycles. The fourth-order valence-corrected chi connectivity index (χ4v) is 3.59. The van der Waals surface area contributed by atoms with Crippen LogP contribution in [0, 0.1) is 6.92 Å². The van der Waals surface area contributed by atoms with Crippen LogP contribution in [0.1, 0.15) is 49.8 Å². The molecule has 30 heavy (non-hydrogen) atoms. The maximum Gasteiger partial charge on any atom is 0.348 e. The molecule has 0 unspecified atom stereocenters. The van der Waals surface area contributed by atoms with E-state index in [9.17, 15) is 19.2 Å². The number of amides is 1. The number of hydrogen-bond acceptors (Lipinski definition) is 9. The summed E-state index contributed by atoms with van der Waals surface area (Å²) in [4.78, 5) is 49.0. The van der Waals surface area contributed by atoms with Crippen molar-refractivity contribution in [2.75, 3.05) is 30.9 Å². The van der Waals surface area contributed by atoms with E-state index in [1.807, 2.05) is 0 Å². The number of rotatable bonds is 8. The molecule has 1 aromatic carbocycles. The number of carbonyl (C=O) groups is 4. The van der Waals surface area contributed by atoms with E-state index in [0.717, 1.165) is 11.3 Å².